The summed E-state index contributed by atoms with van der Waals surface area (Å²) in [5.74, 6) is 2.50. The molecular weight excluding hydrogens is 232 g/mol. The summed E-state index contributed by atoms with van der Waals surface area (Å²) in [7, 11) is 0. The van der Waals surface area contributed by atoms with Gasteiger partial charge in [-0.1, -0.05) is 5.16 Å². The van der Waals surface area contributed by atoms with Crippen LogP contribution in [0.15, 0.2) is 22.7 Å². The second kappa shape index (κ2) is 5.53. The molecule has 5 nitrogen and oxygen atoms in total. The molecule has 0 aliphatic carbocycles. The van der Waals surface area contributed by atoms with E-state index in [9.17, 15) is 0 Å². The highest BCUT2D eigenvalue weighted by atomic mass is 16.5. The van der Waals surface area contributed by atoms with Gasteiger partial charge in [0.05, 0.1) is 13.2 Å². The van der Waals surface area contributed by atoms with E-state index >= 15 is 0 Å². The highest BCUT2D eigenvalue weighted by molar-refractivity contribution is 5.59. The Morgan fingerprint density at radius 2 is 1.83 bits per heavy atom. The number of benzene rings is 1. The third-order valence-electron chi connectivity index (χ3n) is 2.32. The first kappa shape index (κ1) is 12.4. The zero-order chi connectivity index (χ0) is 13.0. The van der Waals surface area contributed by atoms with E-state index in [0.717, 1.165) is 11.3 Å². The third kappa shape index (κ3) is 2.61. The van der Waals surface area contributed by atoms with E-state index < -0.39 is 0 Å². The monoisotopic (exact) mass is 248 g/mol. The predicted molar refractivity (Wildman–Crippen MR) is 66.8 cm³/mol. The van der Waals surface area contributed by atoms with E-state index in [1.165, 1.54) is 0 Å². The zero-order valence-corrected chi connectivity index (χ0v) is 10.8. The molecule has 0 radical (unpaired) electrons. The molecule has 2 rings (SSSR count). The van der Waals surface area contributed by atoms with Crippen molar-refractivity contribution in [2.75, 3.05) is 13.2 Å². The van der Waals surface area contributed by atoms with Gasteiger partial charge in [-0.2, -0.15) is 4.98 Å². The van der Waals surface area contributed by atoms with E-state index in [4.69, 9.17) is 14.0 Å². The quantitative estimate of drug-likeness (QED) is 0.814. The molecular formula is C13H16N2O3. The standard InChI is InChI=1S/C13H16N2O3/c1-4-16-11-7-6-10(8-12(11)17-5-2)13-14-9(3)15-18-13/h6-8H,4-5H2,1-3H3. The van der Waals surface area contributed by atoms with Crippen molar-refractivity contribution in [2.45, 2.75) is 20.8 Å². The molecule has 0 saturated heterocycles. The van der Waals surface area contributed by atoms with Crippen LogP contribution < -0.4 is 9.47 Å². The van der Waals surface area contributed by atoms with Crippen LogP contribution in [-0.4, -0.2) is 23.4 Å². The molecule has 5 heteroatoms. The topological polar surface area (TPSA) is 57.4 Å². The summed E-state index contributed by atoms with van der Waals surface area (Å²) >= 11 is 0. The molecule has 0 bridgehead atoms. The molecule has 1 heterocycles. The molecule has 1 aromatic carbocycles. The van der Waals surface area contributed by atoms with E-state index in [-0.39, 0.29) is 0 Å². The van der Waals surface area contributed by atoms with Crippen LogP contribution in [0.4, 0.5) is 0 Å². The van der Waals surface area contributed by atoms with Gasteiger partial charge in [-0.15, -0.1) is 0 Å². The molecule has 0 spiro atoms. The molecule has 0 aliphatic rings. The van der Waals surface area contributed by atoms with E-state index in [1.807, 2.05) is 32.0 Å². The SMILES string of the molecule is CCOc1ccc(-c2nc(C)no2)cc1OCC. The average Bonchev–Trinajstić information content (AvgIpc) is 2.79. The van der Waals surface area contributed by atoms with Gasteiger partial charge in [0.15, 0.2) is 17.3 Å². The fourth-order valence-corrected chi connectivity index (χ4v) is 1.60. The second-order valence-corrected chi connectivity index (χ2v) is 3.67. The molecule has 0 unspecified atom stereocenters. The first-order valence-electron chi connectivity index (χ1n) is 5.95. The van der Waals surface area contributed by atoms with Crippen LogP contribution in [0.5, 0.6) is 11.5 Å². The van der Waals surface area contributed by atoms with Gasteiger partial charge in [-0.3, -0.25) is 0 Å². The second-order valence-electron chi connectivity index (χ2n) is 3.67. The Kier molecular flexibility index (Phi) is 3.82. The number of nitrogens with zero attached hydrogens (tertiary/aromatic N) is 2. The fourth-order valence-electron chi connectivity index (χ4n) is 1.60. The maximum Gasteiger partial charge on any atom is 0.258 e. The minimum absolute atomic E-state index is 0.483. The van der Waals surface area contributed by atoms with Gasteiger partial charge < -0.3 is 14.0 Å². The first-order chi connectivity index (χ1) is 8.74. The maximum absolute atomic E-state index is 5.54. The van der Waals surface area contributed by atoms with Crippen molar-refractivity contribution in [3.8, 4) is 23.0 Å². The summed E-state index contributed by atoms with van der Waals surface area (Å²) in [5.41, 5.74) is 0.822. The van der Waals surface area contributed by atoms with Gasteiger partial charge in [0.25, 0.3) is 5.89 Å². The minimum atomic E-state index is 0.483. The van der Waals surface area contributed by atoms with Crippen molar-refractivity contribution in [3.05, 3.63) is 24.0 Å². The van der Waals surface area contributed by atoms with Crippen LogP contribution >= 0.6 is 0 Å². The van der Waals surface area contributed by atoms with Crippen LogP contribution in [0, 0.1) is 6.92 Å². The molecule has 0 atom stereocenters. The minimum Gasteiger partial charge on any atom is -0.490 e. The van der Waals surface area contributed by atoms with Crippen LogP contribution in [0.25, 0.3) is 11.5 Å². The predicted octanol–water partition coefficient (Wildman–Crippen LogP) is 2.84. The highest BCUT2D eigenvalue weighted by Gasteiger charge is 2.11. The molecule has 1 aromatic heterocycles. The van der Waals surface area contributed by atoms with E-state index in [1.54, 1.807) is 6.92 Å². The molecule has 0 fully saturated rings. The lowest BCUT2D eigenvalue weighted by Crippen LogP contribution is -1.98. The van der Waals surface area contributed by atoms with Gasteiger partial charge in [0.1, 0.15) is 0 Å². The molecule has 0 aliphatic heterocycles. The Morgan fingerprint density at radius 1 is 1.11 bits per heavy atom. The lowest BCUT2D eigenvalue weighted by molar-refractivity contribution is 0.288. The number of hydrogen-bond acceptors (Lipinski definition) is 5. The van der Waals surface area contributed by atoms with Crippen molar-refractivity contribution in [1.29, 1.82) is 0 Å². The van der Waals surface area contributed by atoms with Crippen molar-refractivity contribution >= 4 is 0 Å². The fraction of sp³-hybridized carbons (Fsp3) is 0.385. The molecule has 0 saturated carbocycles. The summed E-state index contributed by atoms with van der Waals surface area (Å²) in [6.07, 6.45) is 0. The van der Waals surface area contributed by atoms with Gasteiger partial charge in [0.2, 0.25) is 0 Å². The lowest BCUT2D eigenvalue weighted by Gasteiger charge is -2.11. The molecule has 0 N–H and O–H groups in total. The van der Waals surface area contributed by atoms with E-state index in [0.29, 0.717) is 30.7 Å². The van der Waals surface area contributed by atoms with Crippen molar-refractivity contribution < 1.29 is 14.0 Å². The maximum atomic E-state index is 5.54. The van der Waals surface area contributed by atoms with Crippen LogP contribution in [0.1, 0.15) is 19.7 Å². The summed E-state index contributed by atoms with van der Waals surface area (Å²) in [6.45, 7) is 6.82. The Hall–Kier alpha value is -2.04. The normalized spacial score (nSPS) is 10.4. The molecule has 2 aromatic rings. The van der Waals surface area contributed by atoms with Crippen LogP contribution in [0.3, 0.4) is 0 Å². The largest absolute Gasteiger partial charge is 0.490 e. The molecule has 18 heavy (non-hydrogen) atoms. The Morgan fingerprint density at radius 3 is 2.44 bits per heavy atom. The number of ether oxygens (including phenoxy) is 2. The number of hydrogen-bond donors (Lipinski definition) is 0. The summed E-state index contributed by atoms with van der Waals surface area (Å²) in [6, 6.07) is 5.57. The lowest BCUT2D eigenvalue weighted by atomic mass is 10.2. The zero-order valence-electron chi connectivity index (χ0n) is 10.8. The number of aryl methyl sites for hydroxylation is 1. The number of aromatic nitrogens is 2. The van der Waals surface area contributed by atoms with Gasteiger partial charge in [-0.25, -0.2) is 0 Å². The highest BCUT2D eigenvalue weighted by Crippen LogP contribution is 2.32. The Balaban J connectivity index is 2.35. The van der Waals surface area contributed by atoms with E-state index in [2.05, 4.69) is 10.1 Å². The first-order valence-corrected chi connectivity index (χ1v) is 5.95. The Bertz CT molecular complexity index is 523. The van der Waals surface area contributed by atoms with Crippen LogP contribution in [0.2, 0.25) is 0 Å². The summed E-state index contributed by atoms with van der Waals surface area (Å²) < 4.78 is 16.2. The van der Waals surface area contributed by atoms with Crippen molar-refractivity contribution in [3.63, 3.8) is 0 Å². The van der Waals surface area contributed by atoms with Gasteiger partial charge in [0, 0.05) is 5.56 Å². The Labute approximate surface area is 106 Å². The summed E-state index contributed by atoms with van der Waals surface area (Å²) in [4.78, 5) is 4.18. The smallest absolute Gasteiger partial charge is 0.258 e. The van der Waals surface area contributed by atoms with Crippen molar-refractivity contribution in [2.24, 2.45) is 0 Å². The third-order valence-corrected chi connectivity index (χ3v) is 2.32. The number of rotatable bonds is 5. The van der Waals surface area contributed by atoms with Gasteiger partial charge >= 0.3 is 0 Å². The summed E-state index contributed by atoms with van der Waals surface area (Å²) in [5, 5.41) is 3.77. The van der Waals surface area contributed by atoms with Gasteiger partial charge in [-0.05, 0) is 39.0 Å². The van der Waals surface area contributed by atoms with Crippen LogP contribution in [-0.2, 0) is 0 Å². The average molecular weight is 248 g/mol. The molecule has 96 valence electrons. The molecule has 0 amide bonds. The van der Waals surface area contributed by atoms with Crippen molar-refractivity contribution in [1.82, 2.24) is 10.1 Å².